The highest BCUT2D eigenvalue weighted by molar-refractivity contribution is 8.15. The summed E-state index contributed by atoms with van der Waals surface area (Å²) in [6.07, 6.45) is 1.57. The fourth-order valence-electron chi connectivity index (χ4n) is 1.98. The quantitative estimate of drug-likeness (QED) is 0.690. The van der Waals surface area contributed by atoms with Gasteiger partial charge in [-0.2, -0.15) is 5.10 Å². The standard InChI is InChI=1S/C16H12ClN3OS/c17-13-9-5-4-8-12(13)10-18-20-16-19-15(21)14(22-16)11-6-2-1-3-7-11/h1-10,14H,(H,19,20,21)/b18-10+/t14-/m1/s1. The highest BCUT2D eigenvalue weighted by atomic mass is 35.5. The lowest BCUT2D eigenvalue weighted by atomic mass is 10.1. The van der Waals surface area contributed by atoms with Gasteiger partial charge in [-0.15, -0.1) is 5.10 Å². The molecule has 0 aliphatic carbocycles. The molecule has 0 spiro atoms. The Balaban J connectivity index is 1.72. The van der Waals surface area contributed by atoms with Crippen LogP contribution >= 0.6 is 23.4 Å². The molecular formula is C16H12ClN3OS. The summed E-state index contributed by atoms with van der Waals surface area (Å²) < 4.78 is 0. The number of thioether (sulfide) groups is 1. The van der Waals surface area contributed by atoms with Crippen molar-refractivity contribution < 1.29 is 4.79 Å². The average Bonchev–Trinajstić information content (AvgIpc) is 2.91. The van der Waals surface area contributed by atoms with Gasteiger partial charge in [0.15, 0.2) is 5.17 Å². The number of halogens is 1. The van der Waals surface area contributed by atoms with Crippen LogP contribution in [0.1, 0.15) is 16.4 Å². The van der Waals surface area contributed by atoms with Gasteiger partial charge in [-0.25, -0.2) is 0 Å². The number of nitrogens with zero attached hydrogens (tertiary/aromatic N) is 2. The molecule has 1 amide bonds. The molecule has 1 aliphatic heterocycles. The van der Waals surface area contributed by atoms with E-state index >= 15 is 0 Å². The van der Waals surface area contributed by atoms with Crippen molar-refractivity contribution in [3.05, 3.63) is 70.7 Å². The van der Waals surface area contributed by atoms with Gasteiger partial charge in [-0.05, 0) is 11.6 Å². The minimum Gasteiger partial charge on any atom is -0.302 e. The molecule has 6 heteroatoms. The molecule has 0 radical (unpaired) electrons. The number of hydrogen-bond acceptors (Lipinski definition) is 4. The third-order valence-corrected chi connectivity index (χ3v) is 4.52. The molecule has 0 aromatic heterocycles. The molecule has 0 saturated carbocycles. The van der Waals surface area contributed by atoms with Gasteiger partial charge < -0.3 is 5.32 Å². The third-order valence-electron chi connectivity index (χ3n) is 3.05. The number of nitrogens with one attached hydrogen (secondary N) is 1. The highest BCUT2D eigenvalue weighted by Crippen LogP contribution is 2.34. The van der Waals surface area contributed by atoms with Crippen LogP contribution in [-0.2, 0) is 4.79 Å². The Hall–Kier alpha value is -2.11. The zero-order valence-electron chi connectivity index (χ0n) is 11.4. The molecule has 22 heavy (non-hydrogen) atoms. The summed E-state index contributed by atoms with van der Waals surface area (Å²) in [6.45, 7) is 0. The number of hydrogen-bond donors (Lipinski definition) is 1. The number of carbonyl (C=O) groups excluding carboxylic acids is 1. The maximum atomic E-state index is 12.0. The van der Waals surface area contributed by atoms with Crippen LogP contribution in [0, 0.1) is 0 Å². The smallest absolute Gasteiger partial charge is 0.244 e. The van der Waals surface area contributed by atoms with Crippen LogP contribution in [-0.4, -0.2) is 17.3 Å². The van der Waals surface area contributed by atoms with Gasteiger partial charge in [0.1, 0.15) is 5.25 Å². The van der Waals surface area contributed by atoms with Crippen LogP contribution in [0.3, 0.4) is 0 Å². The van der Waals surface area contributed by atoms with Gasteiger partial charge in [-0.1, -0.05) is 71.9 Å². The molecule has 2 aromatic carbocycles. The van der Waals surface area contributed by atoms with Gasteiger partial charge in [0, 0.05) is 10.6 Å². The second kappa shape index (κ2) is 6.77. The number of amidine groups is 1. The van der Waals surface area contributed by atoms with Crippen LogP contribution in [0.4, 0.5) is 0 Å². The zero-order valence-corrected chi connectivity index (χ0v) is 13.0. The van der Waals surface area contributed by atoms with Gasteiger partial charge in [0.25, 0.3) is 0 Å². The van der Waals surface area contributed by atoms with E-state index in [0.717, 1.165) is 11.1 Å². The van der Waals surface area contributed by atoms with Gasteiger partial charge >= 0.3 is 0 Å². The second-order valence-electron chi connectivity index (χ2n) is 4.57. The second-order valence-corrected chi connectivity index (χ2v) is 6.07. The number of carbonyl (C=O) groups is 1. The predicted octanol–water partition coefficient (Wildman–Crippen LogP) is 3.63. The zero-order chi connectivity index (χ0) is 15.4. The number of amides is 1. The molecule has 1 fully saturated rings. The molecule has 0 unspecified atom stereocenters. The number of rotatable bonds is 3. The van der Waals surface area contributed by atoms with Crippen molar-refractivity contribution in [2.45, 2.75) is 5.25 Å². The van der Waals surface area contributed by atoms with E-state index in [0.29, 0.717) is 10.2 Å². The first-order valence-corrected chi connectivity index (χ1v) is 7.88. The topological polar surface area (TPSA) is 53.8 Å². The fourth-order valence-corrected chi connectivity index (χ4v) is 3.11. The Morgan fingerprint density at radius 3 is 2.59 bits per heavy atom. The maximum Gasteiger partial charge on any atom is 0.244 e. The van der Waals surface area contributed by atoms with E-state index in [-0.39, 0.29) is 11.2 Å². The van der Waals surface area contributed by atoms with Crippen LogP contribution in [0.5, 0.6) is 0 Å². The van der Waals surface area contributed by atoms with E-state index in [4.69, 9.17) is 11.6 Å². The van der Waals surface area contributed by atoms with Crippen molar-refractivity contribution in [1.29, 1.82) is 0 Å². The first-order valence-electron chi connectivity index (χ1n) is 6.62. The van der Waals surface area contributed by atoms with E-state index < -0.39 is 0 Å². The monoisotopic (exact) mass is 329 g/mol. The summed E-state index contributed by atoms with van der Waals surface area (Å²) >= 11 is 7.39. The Labute approximate surface area is 137 Å². The minimum absolute atomic E-state index is 0.0807. The summed E-state index contributed by atoms with van der Waals surface area (Å²) in [5.74, 6) is -0.0807. The van der Waals surface area contributed by atoms with E-state index in [1.54, 1.807) is 12.3 Å². The maximum absolute atomic E-state index is 12.0. The molecule has 110 valence electrons. The SMILES string of the molecule is O=C1N/C(=N/N=C/c2ccccc2Cl)S[C@@H]1c1ccccc1. The van der Waals surface area contributed by atoms with Crippen LogP contribution in [0.2, 0.25) is 5.02 Å². The lowest BCUT2D eigenvalue weighted by molar-refractivity contribution is -0.118. The molecule has 1 heterocycles. The van der Waals surface area contributed by atoms with E-state index in [2.05, 4.69) is 15.5 Å². The van der Waals surface area contributed by atoms with Crippen molar-refractivity contribution in [1.82, 2.24) is 5.32 Å². The molecule has 1 atom stereocenters. The Bertz CT molecular complexity index is 746. The minimum atomic E-state index is -0.282. The number of benzene rings is 2. The van der Waals surface area contributed by atoms with Gasteiger partial charge in [0.05, 0.1) is 6.21 Å². The Kier molecular flexibility index (Phi) is 4.56. The Morgan fingerprint density at radius 2 is 1.82 bits per heavy atom. The molecular weight excluding hydrogens is 318 g/mol. The lowest BCUT2D eigenvalue weighted by Gasteiger charge is -2.03. The lowest BCUT2D eigenvalue weighted by Crippen LogP contribution is -2.21. The van der Waals surface area contributed by atoms with E-state index in [1.807, 2.05) is 48.5 Å². The van der Waals surface area contributed by atoms with Crippen molar-refractivity contribution in [3.8, 4) is 0 Å². The first-order chi connectivity index (χ1) is 10.7. The van der Waals surface area contributed by atoms with Crippen molar-refractivity contribution in [2.75, 3.05) is 0 Å². The van der Waals surface area contributed by atoms with Crippen LogP contribution in [0.15, 0.2) is 64.8 Å². The molecule has 0 bridgehead atoms. The third kappa shape index (κ3) is 3.37. The summed E-state index contributed by atoms with van der Waals surface area (Å²) in [6, 6.07) is 16.9. The largest absolute Gasteiger partial charge is 0.302 e. The highest BCUT2D eigenvalue weighted by Gasteiger charge is 2.31. The van der Waals surface area contributed by atoms with Gasteiger partial charge in [0.2, 0.25) is 5.91 Å². The molecule has 2 aromatic rings. The molecule has 4 nitrogen and oxygen atoms in total. The van der Waals surface area contributed by atoms with Crippen LogP contribution in [0.25, 0.3) is 0 Å². The normalized spacial score (nSPS) is 19.8. The van der Waals surface area contributed by atoms with Gasteiger partial charge in [-0.3, -0.25) is 4.79 Å². The van der Waals surface area contributed by atoms with E-state index in [9.17, 15) is 4.79 Å². The van der Waals surface area contributed by atoms with Crippen LogP contribution < -0.4 is 5.32 Å². The summed E-state index contributed by atoms with van der Waals surface area (Å²) in [7, 11) is 0. The first kappa shape index (κ1) is 14.8. The average molecular weight is 330 g/mol. The van der Waals surface area contributed by atoms with E-state index in [1.165, 1.54) is 11.8 Å². The fraction of sp³-hybridized carbons (Fsp3) is 0.0625. The predicted molar refractivity (Wildman–Crippen MR) is 91.4 cm³/mol. The molecule has 1 aliphatic rings. The summed E-state index contributed by atoms with van der Waals surface area (Å²) in [4.78, 5) is 12.0. The molecule has 1 N–H and O–H groups in total. The van der Waals surface area contributed by atoms with Crippen molar-refractivity contribution >= 4 is 40.7 Å². The summed E-state index contributed by atoms with van der Waals surface area (Å²) in [5.41, 5.74) is 1.73. The molecule has 3 rings (SSSR count). The Morgan fingerprint density at radius 1 is 1.09 bits per heavy atom. The summed E-state index contributed by atoms with van der Waals surface area (Å²) in [5, 5.41) is 11.6. The van der Waals surface area contributed by atoms with Crippen molar-refractivity contribution in [3.63, 3.8) is 0 Å². The molecule has 1 saturated heterocycles. The van der Waals surface area contributed by atoms with Crippen molar-refractivity contribution in [2.24, 2.45) is 10.2 Å².